The summed E-state index contributed by atoms with van der Waals surface area (Å²) in [6, 6.07) is 23.1. The number of nitrogens with one attached hydrogen (secondary N) is 1. The fourth-order valence-electron chi connectivity index (χ4n) is 4.38. The molecule has 5 rings (SSSR count). The first-order chi connectivity index (χ1) is 13.8. The zero-order valence-electron chi connectivity index (χ0n) is 16.0. The molecule has 3 nitrogen and oxygen atoms in total. The number of allylic oxidation sites excluding steroid dienone is 1. The van der Waals surface area contributed by atoms with Crippen molar-refractivity contribution in [2.24, 2.45) is 0 Å². The predicted molar refractivity (Wildman–Crippen MR) is 114 cm³/mol. The third-order valence-corrected chi connectivity index (χ3v) is 5.81. The van der Waals surface area contributed by atoms with Crippen LogP contribution in [0.2, 0.25) is 0 Å². The van der Waals surface area contributed by atoms with Gasteiger partial charge in [-0.15, -0.1) is 0 Å². The maximum absolute atomic E-state index is 5.03. The minimum atomic E-state index is 0.464. The third kappa shape index (κ3) is 2.96. The van der Waals surface area contributed by atoms with Gasteiger partial charge in [0, 0.05) is 25.0 Å². The van der Waals surface area contributed by atoms with Crippen molar-refractivity contribution in [3.8, 4) is 0 Å². The highest BCUT2D eigenvalue weighted by molar-refractivity contribution is 5.90. The van der Waals surface area contributed by atoms with Crippen LogP contribution in [0.5, 0.6) is 0 Å². The van der Waals surface area contributed by atoms with Crippen molar-refractivity contribution in [2.75, 3.05) is 6.54 Å². The molecule has 0 fully saturated rings. The molecule has 2 aliphatic rings. The van der Waals surface area contributed by atoms with Crippen molar-refractivity contribution < 1.29 is 0 Å². The lowest BCUT2D eigenvalue weighted by molar-refractivity contribution is 0.477. The highest BCUT2D eigenvalue weighted by Crippen LogP contribution is 2.35. The van der Waals surface area contributed by atoms with Crippen LogP contribution in [0.15, 0.2) is 54.6 Å². The van der Waals surface area contributed by atoms with E-state index in [9.17, 15) is 0 Å². The minimum absolute atomic E-state index is 0.464. The van der Waals surface area contributed by atoms with E-state index in [1.54, 1.807) is 0 Å². The second-order valence-electron chi connectivity index (χ2n) is 7.53. The highest BCUT2D eigenvalue weighted by Gasteiger charge is 2.30. The van der Waals surface area contributed by atoms with Gasteiger partial charge in [0.05, 0.1) is 11.4 Å². The lowest BCUT2D eigenvalue weighted by atomic mass is 9.89. The number of benzene rings is 1. The van der Waals surface area contributed by atoms with Gasteiger partial charge in [0.2, 0.25) is 0 Å². The quantitative estimate of drug-likeness (QED) is 0.737. The van der Waals surface area contributed by atoms with Crippen molar-refractivity contribution >= 4 is 17.7 Å². The molecule has 2 aromatic carbocycles. The van der Waals surface area contributed by atoms with E-state index in [1.165, 1.54) is 11.3 Å². The molecule has 0 saturated heterocycles. The summed E-state index contributed by atoms with van der Waals surface area (Å²) in [5, 5.41) is 3.67. The van der Waals surface area contributed by atoms with Gasteiger partial charge in [0.25, 0.3) is 0 Å². The Morgan fingerprint density at radius 3 is 2.89 bits per heavy atom. The molecule has 0 amide bonds. The molecule has 2 heterocycles. The molecule has 1 N–H and O–H groups in total. The van der Waals surface area contributed by atoms with Crippen LogP contribution in [0.4, 0.5) is 0 Å². The van der Waals surface area contributed by atoms with E-state index >= 15 is 0 Å². The van der Waals surface area contributed by atoms with Crippen molar-refractivity contribution in [2.45, 2.75) is 31.8 Å². The first-order valence-electron chi connectivity index (χ1n) is 9.97. The lowest BCUT2D eigenvalue weighted by Crippen LogP contribution is -2.31. The van der Waals surface area contributed by atoms with Gasteiger partial charge in [-0.1, -0.05) is 48.5 Å². The van der Waals surface area contributed by atoms with Gasteiger partial charge >= 0.3 is 0 Å². The van der Waals surface area contributed by atoms with Crippen LogP contribution in [0.3, 0.4) is 0 Å². The Bertz CT molecular complexity index is 987. The molecule has 0 spiro atoms. The van der Waals surface area contributed by atoms with E-state index in [0.717, 1.165) is 42.2 Å². The van der Waals surface area contributed by atoms with Crippen molar-refractivity contribution in [3.05, 3.63) is 95.1 Å². The van der Waals surface area contributed by atoms with Gasteiger partial charge in [-0.2, -0.15) is 0 Å². The van der Waals surface area contributed by atoms with Gasteiger partial charge in [-0.25, -0.2) is 4.98 Å². The van der Waals surface area contributed by atoms with E-state index in [4.69, 9.17) is 4.98 Å². The number of rotatable bonds is 3. The average Bonchev–Trinajstić information content (AvgIpc) is 3.00. The smallest absolute Gasteiger partial charge is 0.134 e. The number of nitrogens with zero attached hydrogens (tertiary/aromatic N) is 2. The monoisotopic (exact) mass is 365 g/mol. The fraction of sp³-hybridized carbons (Fsp3) is 0.240. The second kappa shape index (κ2) is 7.14. The van der Waals surface area contributed by atoms with Gasteiger partial charge in [0.1, 0.15) is 5.82 Å². The highest BCUT2D eigenvalue weighted by atomic mass is 15.1. The first-order valence-corrected chi connectivity index (χ1v) is 9.97. The Morgan fingerprint density at radius 1 is 1.18 bits per heavy atom. The number of imidazole rings is 1. The van der Waals surface area contributed by atoms with Crippen LogP contribution in [0.1, 0.15) is 47.6 Å². The van der Waals surface area contributed by atoms with Crippen LogP contribution in [0.25, 0.3) is 17.7 Å². The normalized spacial score (nSPS) is 21.0. The summed E-state index contributed by atoms with van der Waals surface area (Å²) in [4.78, 5) is 5.03. The Balaban J connectivity index is 1.69. The summed E-state index contributed by atoms with van der Waals surface area (Å²) in [5.74, 6) is 1.51. The molecule has 138 valence electrons. The van der Waals surface area contributed by atoms with Crippen LogP contribution in [-0.4, -0.2) is 22.1 Å². The Kier molecular flexibility index (Phi) is 4.35. The van der Waals surface area contributed by atoms with Crippen LogP contribution >= 0.6 is 0 Å². The summed E-state index contributed by atoms with van der Waals surface area (Å²) >= 11 is 0. The lowest BCUT2D eigenvalue weighted by Gasteiger charge is -2.24. The molecular formula is C25H23N3. The van der Waals surface area contributed by atoms with E-state index in [0.29, 0.717) is 12.0 Å². The zero-order valence-corrected chi connectivity index (χ0v) is 16.0. The summed E-state index contributed by atoms with van der Waals surface area (Å²) < 4.78 is 2.42. The van der Waals surface area contributed by atoms with E-state index < -0.39 is 0 Å². The molecule has 2 unspecified atom stereocenters. The van der Waals surface area contributed by atoms with Gasteiger partial charge in [-0.05, 0) is 60.4 Å². The molecular weight excluding hydrogens is 342 g/mol. The molecule has 0 bridgehead atoms. The minimum Gasteiger partial charge on any atom is -0.326 e. The molecule has 2 atom stereocenters. The maximum atomic E-state index is 5.03. The summed E-state index contributed by atoms with van der Waals surface area (Å²) in [6.45, 7) is 4.20. The first kappa shape index (κ1) is 17.0. The zero-order chi connectivity index (χ0) is 18.9. The Morgan fingerprint density at radius 2 is 2.07 bits per heavy atom. The molecule has 3 heteroatoms. The molecule has 1 aliphatic heterocycles. The molecule has 3 aromatic rings. The van der Waals surface area contributed by atoms with Gasteiger partial charge < -0.3 is 9.88 Å². The number of hydrogen-bond donors (Lipinski definition) is 1. The van der Waals surface area contributed by atoms with Gasteiger partial charge in [0.15, 0.2) is 0 Å². The van der Waals surface area contributed by atoms with Crippen LogP contribution in [0, 0.1) is 12.1 Å². The molecule has 1 aliphatic carbocycles. The molecule has 0 radical (unpaired) electrons. The molecule has 1 aromatic heterocycles. The summed E-state index contributed by atoms with van der Waals surface area (Å²) in [6.07, 6.45) is 7.76. The van der Waals surface area contributed by atoms with Crippen molar-refractivity contribution in [3.63, 3.8) is 0 Å². The van der Waals surface area contributed by atoms with Crippen LogP contribution < -0.4 is 5.32 Å². The standard InChI is InChI=1S/C25H23N3/c1-18-21-13-8-14-23-25(21)28(16-15-26-18)24(27-23)17-22(19-9-4-2-5-10-19)20-11-6-3-7-12-20/h2,4-6,8-12,14,17-18,21,26H,13,15-16H2,1H3/b22-17-. The molecule has 28 heavy (non-hydrogen) atoms. The maximum Gasteiger partial charge on any atom is 0.134 e. The summed E-state index contributed by atoms with van der Waals surface area (Å²) in [5.41, 5.74) is 5.98. The topological polar surface area (TPSA) is 29.9 Å². The fourth-order valence-corrected chi connectivity index (χ4v) is 4.38. The number of hydrogen-bond acceptors (Lipinski definition) is 2. The third-order valence-electron chi connectivity index (χ3n) is 5.81. The average molecular weight is 365 g/mol. The van der Waals surface area contributed by atoms with E-state index in [2.05, 4.69) is 83.6 Å². The van der Waals surface area contributed by atoms with Crippen LogP contribution in [-0.2, 0) is 6.54 Å². The Labute approximate surface area is 166 Å². The SMILES string of the molecule is CC1NCCn2c(/C=C(\c3cc#ccc3)c3ccccc3)nc3c2C1CC=C3. The second-order valence-corrected chi connectivity index (χ2v) is 7.53. The number of aromatic nitrogens is 2. The van der Waals surface area contributed by atoms with Crippen molar-refractivity contribution in [1.82, 2.24) is 14.9 Å². The van der Waals surface area contributed by atoms with E-state index in [1.807, 2.05) is 12.1 Å². The van der Waals surface area contributed by atoms with Crippen molar-refractivity contribution in [1.29, 1.82) is 0 Å². The van der Waals surface area contributed by atoms with Gasteiger partial charge in [-0.3, -0.25) is 0 Å². The predicted octanol–water partition coefficient (Wildman–Crippen LogP) is 4.56. The molecule has 0 saturated carbocycles. The summed E-state index contributed by atoms with van der Waals surface area (Å²) in [7, 11) is 0. The van der Waals surface area contributed by atoms with E-state index in [-0.39, 0.29) is 0 Å². The largest absolute Gasteiger partial charge is 0.326 e. The Hall–Kier alpha value is -3.09.